The molecule has 2 aliphatic rings. The first kappa shape index (κ1) is 20.8. The first-order valence-electron chi connectivity index (χ1n) is 10.3. The number of sulfonamides is 1. The average molecular weight is 435 g/mol. The van der Waals surface area contributed by atoms with E-state index in [0.717, 1.165) is 30.3 Å². The van der Waals surface area contributed by atoms with Gasteiger partial charge in [-0.3, -0.25) is 18.7 Å². The molecule has 1 amide bonds. The number of likely N-dealkylation sites (tertiary alicyclic amines) is 1. The van der Waals surface area contributed by atoms with Gasteiger partial charge in [-0.1, -0.05) is 0 Å². The van der Waals surface area contributed by atoms with Crippen LogP contribution >= 0.6 is 0 Å². The van der Waals surface area contributed by atoms with E-state index in [1.54, 1.807) is 4.90 Å². The van der Waals surface area contributed by atoms with Crippen LogP contribution in [0.25, 0.3) is 10.9 Å². The maximum absolute atomic E-state index is 13.1. The molecule has 2 fully saturated rings. The second kappa shape index (κ2) is 7.99. The molecule has 0 spiro atoms. The van der Waals surface area contributed by atoms with Gasteiger partial charge in [-0.05, 0) is 43.9 Å². The van der Waals surface area contributed by atoms with Crippen LogP contribution in [0.15, 0.2) is 32.7 Å². The van der Waals surface area contributed by atoms with Crippen LogP contribution in [0.4, 0.5) is 0 Å². The average Bonchev–Trinajstić information content (AvgIpc) is 3.46. The van der Waals surface area contributed by atoms with Crippen LogP contribution in [0.5, 0.6) is 0 Å². The Morgan fingerprint density at radius 2 is 1.63 bits per heavy atom. The number of rotatable bonds is 5. The maximum atomic E-state index is 13.1. The smallest absolute Gasteiger partial charge is 0.331 e. The minimum absolute atomic E-state index is 0.0279. The Kier molecular flexibility index (Phi) is 5.54. The van der Waals surface area contributed by atoms with Crippen molar-refractivity contribution >= 4 is 26.8 Å². The predicted molar refractivity (Wildman–Crippen MR) is 112 cm³/mol. The second-order valence-electron chi connectivity index (χ2n) is 7.93. The van der Waals surface area contributed by atoms with E-state index in [0.29, 0.717) is 31.7 Å². The lowest BCUT2D eigenvalue weighted by atomic mass is 10.2. The van der Waals surface area contributed by atoms with Gasteiger partial charge in [0.2, 0.25) is 15.9 Å². The van der Waals surface area contributed by atoms with E-state index in [-0.39, 0.29) is 29.2 Å². The topological polar surface area (TPSA) is 102 Å². The van der Waals surface area contributed by atoms with Gasteiger partial charge in [0.05, 0.1) is 15.8 Å². The summed E-state index contributed by atoms with van der Waals surface area (Å²) in [5, 5.41) is 0.158. The fraction of sp³-hybridized carbons (Fsp3) is 0.550. The van der Waals surface area contributed by atoms with Crippen LogP contribution in [-0.4, -0.2) is 58.8 Å². The zero-order valence-corrected chi connectivity index (χ0v) is 17.9. The Morgan fingerprint density at radius 3 is 2.30 bits per heavy atom. The van der Waals surface area contributed by atoms with Crippen molar-refractivity contribution in [2.45, 2.75) is 43.5 Å². The summed E-state index contributed by atoms with van der Waals surface area (Å²) >= 11 is 0. The lowest BCUT2D eigenvalue weighted by Gasteiger charge is -2.17. The van der Waals surface area contributed by atoms with Crippen LogP contribution in [0.1, 0.15) is 32.1 Å². The number of benzene rings is 1. The number of carbonyl (C=O) groups excluding carboxylic acids is 1. The number of nitrogens with zero attached hydrogens (tertiary/aromatic N) is 4. The molecular weight excluding hydrogens is 408 g/mol. The van der Waals surface area contributed by atoms with Gasteiger partial charge in [0.1, 0.15) is 0 Å². The second-order valence-corrected chi connectivity index (χ2v) is 9.86. The van der Waals surface area contributed by atoms with E-state index in [4.69, 9.17) is 0 Å². The van der Waals surface area contributed by atoms with Gasteiger partial charge in [-0.15, -0.1) is 0 Å². The zero-order chi connectivity index (χ0) is 21.5. The van der Waals surface area contributed by atoms with Gasteiger partial charge in [0.15, 0.2) is 0 Å². The molecule has 0 radical (unpaired) electrons. The van der Waals surface area contributed by atoms with E-state index in [9.17, 15) is 22.8 Å². The molecule has 30 heavy (non-hydrogen) atoms. The summed E-state index contributed by atoms with van der Waals surface area (Å²) in [7, 11) is -2.14. The Labute approximate surface area is 174 Å². The molecule has 3 heterocycles. The molecule has 2 saturated heterocycles. The molecule has 9 nitrogen and oxygen atoms in total. The van der Waals surface area contributed by atoms with Crippen molar-refractivity contribution in [3.8, 4) is 0 Å². The van der Waals surface area contributed by atoms with Crippen molar-refractivity contribution in [3.63, 3.8) is 0 Å². The molecule has 0 unspecified atom stereocenters. The van der Waals surface area contributed by atoms with Gasteiger partial charge in [0.25, 0.3) is 5.56 Å². The minimum Gasteiger partial charge on any atom is -0.343 e. The van der Waals surface area contributed by atoms with Crippen LogP contribution in [0.3, 0.4) is 0 Å². The minimum atomic E-state index is -3.68. The number of fused-ring (bicyclic) bond motifs is 1. The fourth-order valence-electron chi connectivity index (χ4n) is 4.26. The molecule has 4 rings (SSSR count). The first-order valence-corrected chi connectivity index (χ1v) is 11.8. The number of hydrogen-bond acceptors (Lipinski definition) is 5. The van der Waals surface area contributed by atoms with Crippen molar-refractivity contribution in [2.75, 3.05) is 26.2 Å². The number of amides is 1. The van der Waals surface area contributed by atoms with E-state index in [1.807, 2.05) is 0 Å². The third-order valence-corrected chi connectivity index (χ3v) is 7.93. The summed E-state index contributed by atoms with van der Waals surface area (Å²) < 4.78 is 29.5. The van der Waals surface area contributed by atoms with Gasteiger partial charge in [-0.2, -0.15) is 4.31 Å². The molecule has 2 aliphatic heterocycles. The highest BCUT2D eigenvalue weighted by Gasteiger charge is 2.28. The zero-order valence-electron chi connectivity index (χ0n) is 17.0. The molecule has 10 heteroatoms. The molecule has 0 saturated carbocycles. The fourth-order valence-corrected chi connectivity index (χ4v) is 5.81. The van der Waals surface area contributed by atoms with Crippen molar-refractivity contribution in [2.24, 2.45) is 7.05 Å². The van der Waals surface area contributed by atoms with Crippen LogP contribution < -0.4 is 11.2 Å². The summed E-state index contributed by atoms with van der Waals surface area (Å²) in [6, 6.07) is 4.29. The molecule has 0 aliphatic carbocycles. The van der Waals surface area contributed by atoms with Crippen molar-refractivity contribution in [3.05, 3.63) is 39.0 Å². The van der Waals surface area contributed by atoms with E-state index >= 15 is 0 Å². The molecule has 0 atom stereocenters. The monoisotopic (exact) mass is 434 g/mol. The highest BCUT2D eigenvalue weighted by Crippen LogP contribution is 2.23. The summed E-state index contributed by atoms with van der Waals surface area (Å²) in [6.45, 7) is 2.33. The third-order valence-electron chi connectivity index (χ3n) is 6.03. The largest absolute Gasteiger partial charge is 0.343 e. The van der Waals surface area contributed by atoms with Gasteiger partial charge < -0.3 is 4.90 Å². The Balaban J connectivity index is 1.72. The summed E-state index contributed by atoms with van der Waals surface area (Å²) in [5.74, 6) is -0.0769. The molecule has 1 aromatic heterocycles. The quantitative estimate of drug-likeness (QED) is 0.682. The number of carbonyl (C=O) groups is 1. The highest BCUT2D eigenvalue weighted by atomic mass is 32.2. The van der Waals surface area contributed by atoms with Crippen molar-refractivity contribution in [1.82, 2.24) is 18.3 Å². The van der Waals surface area contributed by atoms with Crippen molar-refractivity contribution in [1.29, 1.82) is 0 Å². The Bertz CT molecular complexity index is 1200. The van der Waals surface area contributed by atoms with E-state index in [2.05, 4.69) is 0 Å². The normalized spacial score (nSPS) is 17.8. The lowest BCUT2D eigenvalue weighted by Crippen LogP contribution is -2.40. The standard InChI is InChI=1S/C20H26N4O5S/c1-21-17-7-6-15(30(28,29)23-11-4-5-12-23)14-16(17)19(26)24(20(21)27)13-8-18(25)22-9-2-3-10-22/h6-7,14H,2-5,8-13H2,1H3. The lowest BCUT2D eigenvalue weighted by molar-refractivity contribution is -0.130. The predicted octanol–water partition coefficient (Wildman–Crippen LogP) is 0.497. The van der Waals surface area contributed by atoms with E-state index < -0.39 is 21.3 Å². The van der Waals surface area contributed by atoms with Crippen LogP contribution in [0.2, 0.25) is 0 Å². The molecular formula is C20H26N4O5S. The first-order chi connectivity index (χ1) is 14.3. The Hall–Kier alpha value is -2.46. The number of aryl methyl sites for hydroxylation is 1. The molecule has 162 valence electrons. The summed E-state index contributed by atoms with van der Waals surface area (Å²) in [4.78, 5) is 39.9. The van der Waals surface area contributed by atoms with Crippen molar-refractivity contribution < 1.29 is 13.2 Å². The molecule has 1 aromatic carbocycles. The summed E-state index contributed by atoms with van der Waals surface area (Å²) in [5.41, 5.74) is -0.717. The van der Waals surface area contributed by atoms with Crippen LogP contribution in [-0.2, 0) is 28.4 Å². The van der Waals surface area contributed by atoms with Gasteiger partial charge in [0, 0.05) is 46.2 Å². The maximum Gasteiger partial charge on any atom is 0.331 e. The molecule has 0 bridgehead atoms. The number of aromatic nitrogens is 2. The van der Waals surface area contributed by atoms with Gasteiger partial charge in [-0.25, -0.2) is 13.2 Å². The van der Waals surface area contributed by atoms with E-state index in [1.165, 1.54) is 34.1 Å². The Morgan fingerprint density at radius 1 is 1.00 bits per heavy atom. The summed E-state index contributed by atoms with van der Waals surface area (Å²) in [6.07, 6.45) is 3.64. The van der Waals surface area contributed by atoms with Crippen LogP contribution in [0, 0.1) is 0 Å². The van der Waals surface area contributed by atoms with Gasteiger partial charge >= 0.3 is 5.69 Å². The highest BCUT2D eigenvalue weighted by molar-refractivity contribution is 7.89. The molecule has 0 N–H and O–H groups in total. The SMILES string of the molecule is Cn1c(=O)n(CCC(=O)N2CCCC2)c(=O)c2cc(S(=O)(=O)N3CCCC3)ccc21. The third kappa shape index (κ3) is 3.58. The number of hydrogen-bond donors (Lipinski definition) is 0. The molecule has 2 aromatic rings.